The van der Waals surface area contributed by atoms with Crippen LogP contribution in [0.25, 0.3) is 11.3 Å². The molecule has 3 heterocycles. The molecule has 0 radical (unpaired) electrons. The summed E-state index contributed by atoms with van der Waals surface area (Å²) in [5.74, 6) is -0.106. The number of hydrogen-bond acceptors (Lipinski definition) is 6. The lowest BCUT2D eigenvalue weighted by Gasteiger charge is -2.38. The number of aromatic nitrogens is 3. The Balaban J connectivity index is 1.16. The molecule has 4 aromatic rings. The molecule has 0 aliphatic carbocycles. The number of halogens is 1. The minimum absolute atomic E-state index is 0.314. The largest absolute Gasteiger partial charge is 0.505 e. The number of aromatic hydroxyl groups is 1. The first-order chi connectivity index (χ1) is 19.6. The van der Waals surface area contributed by atoms with Gasteiger partial charge in [-0.15, -0.1) is 0 Å². The highest BCUT2D eigenvalue weighted by Gasteiger charge is 2.24. The lowest BCUT2D eigenvalue weighted by molar-refractivity contribution is 0.103. The number of rotatable bonds is 11. The van der Waals surface area contributed by atoms with Crippen LogP contribution in [0.4, 0.5) is 4.39 Å². The van der Waals surface area contributed by atoms with Crippen LogP contribution in [-0.2, 0) is 25.9 Å². The van der Waals surface area contributed by atoms with E-state index in [1.807, 2.05) is 24.7 Å². The maximum Gasteiger partial charge on any atom is 0.165 e. The van der Waals surface area contributed by atoms with Gasteiger partial charge in [0.15, 0.2) is 11.6 Å². The van der Waals surface area contributed by atoms with E-state index in [9.17, 15) is 9.50 Å². The van der Waals surface area contributed by atoms with E-state index in [1.165, 1.54) is 36.1 Å². The van der Waals surface area contributed by atoms with Gasteiger partial charge in [-0.25, -0.2) is 14.4 Å². The van der Waals surface area contributed by atoms with Crippen LogP contribution in [0.2, 0.25) is 0 Å². The number of phenolic OH excluding ortho intramolecular Hbond substituents is 1. The molecule has 0 atom stereocenters. The Kier molecular flexibility index (Phi) is 9.47. The zero-order valence-electron chi connectivity index (χ0n) is 23.2. The Hall–Kier alpha value is -3.68. The standard InChI is InChI=1S/C33H38FN5O/c1-2-39(29-14-19-38(20-15-29)23-26-11-16-35-17-12-26)24-27-6-3-7-28(21-27)31-13-18-36-33(37-31)8-4-5-25-9-10-32(40)30(34)22-25/h3,6-7,9-13,16-18,21-22,29,40H,2,4-5,8,14-15,19-20,23-24H2,1H3. The summed E-state index contributed by atoms with van der Waals surface area (Å²) in [4.78, 5) is 18.6. The topological polar surface area (TPSA) is 65.4 Å². The van der Waals surface area contributed by atoms with Crippen molar-refractivity contribution < 1.29 is 9.50 Å². The molecule has 1 aliphatic heterocycles. The molecule has 0 saturated carbocycles. The van der Waals surface area contributed by atoms with Gasteiger partial charge in [0.05, 0.1) is 5.69 Å². The molecule has 40 heavy (non-hydrogen) atoms. The Morgan fingerprint density at radius 2 is 1.75 bits per heavy atom. The average Bonchev–Trinajstić information content (AvgIpc) is 2.99. The van der Waals surface area contributed by atoms with Gasteiger partial charge in [0.1, 0.15) is 5.82 Å². The normalized spacial score (nSPS) is 14.6. The van der Waals surface area contributed by atoms with E-state index < -0.39 is 5.82 Å². The second-order valence-corrected chi connectivity index (χ2v) is 10.6. The fourth-order valence-electron chi connectivity index (χ4n) is 5.59. The number of likely N-dealkylation sites (tertiary alicyclic amines) is 1. The van der Waals surface area contributed by atoms with Crippen LogP contribution in [0.5, 0.6) is 5.75 Å². The number of piperidine rings is 1. The molecular weight excluding hydrogens is 501 g/mol. The van der Waals surface area contributed by atoms with E-state index in [-0.39, 0.29) is 5.75 Å². The molecule has 7 heteroatoms. The summed E-state index contributed by atoms with van der Waals surface area (Å²) in [6, 6.07) is 20.0. The summed E-state index contributed by atoms with van der Waals surface area (Å²) in [7, 11) is 0. The van der Waals surface area contributed by atoms with Gasteiger partial charge >= 0.3 is 0 Å². The Bertz CT molecular complexity index is 1370. The Morgan fingerprint density at radius 3 is 2.52 bits per heavy atom. The number of nitrogens with zero attached hydrogens (tertiary/aromatic N) is 5. The van der Waals surface area contributed by atoms with E-state index in [4.69, 9.17) is 4.98 Å². The van der Waals surface area contributed by atoms with Crippen LogP contribution in [0.1, 0.15) is 48.7 Å². The van der Waals surface area contributed by atoms with E-state index in [0.717, 1.165) is 61.8 Å². The first-order valence-corrected chi connectivity index (χ1v) is 14.3. The molecule has 1 saturated heterocycles. The van der Waals surface area contributed by atoms with Crippen LogP contribution < -0.4 is 0 Å². The van der Waals surface area contributed by atoms with Gasteiger partial charge in [0, 0.05) is 49.7 Å². The first kappa shape index (κ1) is 27.9. The fraction of sp³-hybridized carbons (Fsp3) is 0.364. The molecular formula is C33H38FN5O. The molecule has 1 aliphatic rings. The third kappa shape index (κ3) is 7.49. The number of aryl methyl sites for hydroxylation is 2. The molecule has 0 spiro atoms. The monoisotopic (exact) mass is 539 g/mol. The predicted octanol–water partition coefficient (Wildman–Crippen LogP) is 6.05. The first-order valence-electron chi connectivity index (χ1n) is 14.3. The van der Waals surface area contributed by atoms with Crippen molar-refractivity contribution in [3.8, 4) is 17.0 Å². The summed E-state index contributed by atoms with van der Waals surface area (Å²) in [5.41, 5.74) is 5.52. The molecule has 6 nitrogen and oxygen atoms in total. The van der Waals surface area contributed by atoms with Crippen molar-refractivity contribution in [1.29, 1.82) is 0 Å². The molecule has 2 aromatic carbocycles. The maximum absolute atomic E-state index is 13.6. The molecule has 0 bridgehead atoms. The van der Waals surface area contributed by atoms with Gasteiger partial charge in [0.25, 0.3) is 0 Å². The quantitative estimate of drug-likeness (QED) is 0.251. The van der Waals surface area contributed by atoms with E-state index >= 15 is 0 Å². The number of hydrogen-bond donors (Lipinski definition) is 1. The molecule has 208 valence electrons. The van der Waals surface area contributed by atoms with Gasteiger partial charge in [-0.3, -0.25) is 14.8 Å². The minimum Gasteiger partial charge on any atom is -0.505 e. The van der Waals surface area contributed by atoms with Crippen molar-refractivity contribution in [1.82, 2.24) is 24.8 Å². The zero-order chi connectivity index (χ0) is 27.7. The second kappa shape index (κ2) is 13.6. The highest BCUT2D eigenvalue weighted by Crippen LogP contribution is 2.24. The van der Waals surface area contributed by atoms with Crippen molar-refractivity contribution in [2.75, 3.05) is 19.6 Å². The van der Waals surface area contributed by atoms with Gasteiger partial charge in [-0.1, -0.05) is 31.2 Å². The van der Waals surface area contributed by atoms with E-state index in [1.54, 1.807) is 6.07 Å². The summed E-state index contributed by atoms with van der Waals surface area (Å²) in [5, 5.41) is 9.39. The number of benzene rings is 2. The van der Waals surface area contributed by atoms with Crippen molar-refractivity contribution >= 4 is 0 Å². The summed E-state index contributed by atoms with van der Waals surface area (Å²) in [6.45, 7) is 7.46. The minimum atomic E-state index is -0.580. The summed E-state index contributed by atoms with van der Waals surface area (Å²) >= 11 is 0. The third-order valence-electron chi connectivity index (χ3n) is 7.83. The molecule has 0 unspecified atom stereocenters. The van der Waals surface area contributed by atoms with Gasteiger partial charge in [-0.05, 0) is 98.4 Å². The molecule has 1 N–H and O–H groups in total. The van der Waals surface area contributed by atoms with Crippen molar-refractivity contribution in [3.05, 3.63) is 108 Å². The lowest BCUT2D eigenvalue weighted by atomic mass is 10.0. The SMILES string of the molecule is CCN(Cc1cccc(-c2ccnc(CCCc3ccc(O)c(F)c3)n2)c1)C1CCN(Cc2ccncc2)CC1. The highest BCUT2D eigenvalue weighted by molar-refractivity contribution is 5.59. The number of phenols is 1. The Labute approximate surface area is 236 Å². The highest BCUT2D eigenvalue weighted by atomic mass is 19.1. The fourth-order valence-corrected chi connectivity index (χ4v) is 5.59. The lowest BCUT2D eigenvalue weighted by Crippen LogP contribution is -2.44. The average molecular weight is 540 g/mol. The van der Waals surface area contributed by atoms with Crippen LogP contribution in [0, 0.1) is 5.82 Å². The van der Waals surface area contributed by atoms with Crippen molar-refractivity contribution in [2.24, 2.45) is 0 Å². The van der Waals surface area contributed by atoms with Crippen LogP contribution in [0.3, 0.4) is 0 Å². The van der Waals surface area contributed by atoms with Crippen molar-refractivity contribution in [3.63, 3.8) is 0 Å². The van der Waals surface area contributed by atoms with Crippen LogP contribution in [0.15, 0.2) is 79.3 Å². The van der Waals surface area contributed by atoms with Crippen LogP contribution in [-0.4, -0.2) is 55.5 Å². The van der Waals surface area contributed by atoms with E-state index in [0.29, 0.717) is 18.9 Å². The van der Waals surface area contributed by atoms with E-state index in [2.05, 4.69) is 63.1 Å². The number of pyridine rings is 1. The van der Waals surface area contributed by atoms with Gasteiger partial charge < -0.3 is 5.11 Å². The Morgan fingerprint density at radius 1 is 0.925 bits per heavy atom. The molecule has 2 aromatic heterocycles. The zero-order valence-corrected chi connectivity index (χ0v) is 23.2. The van der Waals surface area contributed by atoms with Gasteiger partial charge in [-0.2, -0.15) is 0 Å². The maximum atomic E-state index is 13.6. The molecule has 1 fully saturated rings. The summed E-state index contributed by atoms with van der Waals surface area (Å²) < 4.78 is 13.6. The van der Waals surface area contributed by atoms with Gasteiger partial charge in [0.2, 0.25) is 0 Å². The second-order valence-electron chi connectivity index (χ2n) is 10.6. The molecule has 0 amide bonds. The predicted molar refractivity (Wildman–Crippen MR) is 156 cm³/mol. The molecule has 5 rings (SSSR count). The van der Waals surface area contributed by atoms with Crippen LogP contribution >= 0.6 is 0 Å². The van der Waals surface area contributed by atoms with Crippen molar-refractivity contribution in [2.45, 2.75) is 58.2 Å². The summed E-state index contributed by atoms with van der Waals surface area (Å²) in [6.07, 6.45) is 10.2. The smallest absolute Gasteiger partial charge is 0.165 e. The third-order valence-corrected chi connectivity index (χ3v) is 7.83.